The van der Waals surface area contributed by atoms with Crippen LogP contribution in [0.3, 0.4) is 0 Å². The molecule has 1 unspecified atom stereocenters. The van der Waals surface area contributed by atoms with E-state index in [0.717, 1.165) is 12.2 Å². The number of hydrogen-bond acceptors (Lipinski definition) is 4. The largest absolute Gasteiger partial charge is 0.507 e. The van der Waals surface area contributed by atoms with Crippen molar-refractivity contribution in [2.45, 2.75) is 32.4 Å². The maximum atomic E-state index is 12.8. The van der Waals surface area contributed by atoms with Crippen LogP contribution in [0.2, 0.25) is 0 Å². The third-order valence-electron chi connectivity index (χ3n) is 4.50. The average molecular weight is 342 g/mol. The molecule has 2 amide bonds. The molecule has 1 aromatic heterocycles. The van der Waals surface area contributed by atoms with E-state index >= 15 is 0 Å². The highest BCUT2D eigenvalue weighted by molar-refractivity contribution is 5.99. The summed E-state index contributed by atoms with van der Waals surface area (Å²) in [5, 5.41) is 9.92. The highest BCUT2D eigenvalue weighted by Gasteiger charge is 2.36. The number of rotatable bonds is 4. The van der Waals surface area contributed by atoms with E-state index in [9.17, 15) is 14.7 Å². The predicted octanol–water partition coefficient (Wildman–Crippen LogP) is 2.56. The molecular formula is C19H22N2O4. The minimum atomic E-state index is -0.506. The van der Waals surface area contributed by atoms with Gasteiger partial charge in [-0.05, 0) is 44.0 Å². The quantitative estimate of drug-likeness (QED) is 0.927. The van der Waals surface area contributed by atoms with Gasteiger partial charge in [0.05, 0.1) is 12.1 Å². The van der Waals surface area contributed by atoms with Gasteiger partial charge in [0.25, 0.3) is 5.91 Å². The van der Waals surface area contributed by atoms with Crippen LogP contribution >= 0.6 is 0 Å². The highest BCUT2D eigenvalue weighted by atomic mass is 16.3. The lowest BCUT2D eigenvalue weighted by molar-refractivity contribution is -0.134. The molecule has 1 atom stereocenters. The smallest absolute Gasteiger partial charge is 0.258 e. The van der Waals surface area contributed by atoms with Crippen molar-refractivity contribution in [3.05, 3.63) is 53.5 Å². The molecule has 6 heteroatoms. The van der Waals surface area contributed by atoms with Crippen LogP contribution < -0.4 is 0 Å². The molecule has 132 valence electrons. The van der Waals surface area contributed by atoms with E-state index in [1.54, 1.807) is 35.0 Å². The van der Waals surface area contributed by atoms with Crippen LogP contribution in [0.1, 0.15) is 34.7 Å². The van der Waals surface area contributed by atoms with Gasteiger partial charge in [-0.3, -0.25) is 9.59 Å². The van der Waals surface area contributed by atoms with Gasteiger partial charge in [-0.25, -0.2) is 0 Å². The third-order valence-corrected chi connectivity index (χ3v) is 4.50. The van der Waals surface area contributed by atoms with Gasteiger partial charge in [0.15, 0.2) is 0 Å². The second-order valence-electron chi connectivity index (χ2n) is 6.38. The molecule has 6 nitrogen and oxygen atoms in total. The van der Waals surface area contributed by atoms with Crippen LogP contribution in [0.4, 0.5) is 0 Å². The molecule has 1 aromatic carbocycles. The number of phenols is 1. The lowest BCUT2D eigenvalue weighted by Crippen LogP contribution is -2.46. The van der Waals surface area contributed by atoms with Gasteiger partial charge in [0.2, 0.25) is 5.91 Å². The predicted molar refractivity (Wildman–Crippen MR) is 92.1 cm³/mol. The van der Waals surface area contributed by atoms with E-state index in [4.69, 9.17) is 4.42 Å². The van der Waals surface area contributed by atoms with E-state index in [1.807, 2.05) is 19.1 Å². The molecule has 0 bridgehead atoms. The fourth-order valence-corrected chi connectivity index (χ4v) is 3.21. The topological polar surface area (TPSA) is 74.0 Å². The number of benzene rings is 1. The maximum absolute atomic E-state index is 12.8. The summed E-state index contributed by atoms with van der Waals surface area (Å²) >= 11 is 0. The zero-order valence-corrected chi connectivity index (χ0v) is 14.4. The van der Waals surface area contributed by atoms with Crippen LogP contribution in [-0.2, 0) is 11.3 Å². The summed E-state index contributed by atoms with van der Waals surface area (Å²) in [5.74, 6) is 1.02. The molecule has 0 aliphatic carbocycles. The second kappa shape index (κ2) is 7.01. The van der Waals surface area contributed by atoms with E-state index in [1.165, 1.54) is 6.07 Å². The van der Waals surface area contributed by atoms with Crippen LogP contribution in [0.5, 0.6) is 5.75 Å². The summed E-state index contributed by atoms with van der Waals surface area (Å²) in [6.45, 7) is 2.73. The van der Waals surface area contributed by atoms with Crippen molar-refractivity contribution in [2.24, 2.45) is 0 Å². The zero-order valence-electron chi connectivity index (χ0n) is 14.4. The number of hydrogen-bond donors (Lipinski definition) is 1. The molecule has 1 N–H and O–H groups in total. The van der Waals surface area contributed by atoms with E-state index < -0.39 is 6.04 Å². The van der Waals surface area contributed by atoms with Gasteiger partial charge in [-0.15, -0.1) is 0 Å². The van der Waals surface area contributed by atoms with E-state index in [-0.39, 0.29) is 23.1 Å². The number of aryl methyl sites for hydroxylation is 1. The zero-order chi connectivity index (χ0) is 18.0. The molecule has 3 rings (SSSR count). The fourth-order valence-electron chi connectivity index (χ4n) is 3.21. The van der Waals surface area contributed by atoms with Crippen molar-refractivity contribution in [3.63, 3.8) is 0 Å². The van der Waals surface area contributed by atoms with Crippen molar-refractivity contribution in [1.82, 2.24) is 9.80 Å². The number of phenolic OH excluding ortho intramolecular Hbond substituents is 1. The van der Waals surface area contributed by atoms with Gasteiger partial charge in [-0.1, -0.05) is 12.1 Å². The van der Waals surface area contributed by atoms with Crippen molar-refractivity contribution in [1.29, 1.82) is 0 Å². The lowest BCUT2D eigenvalue weighted by Gasteiger charge is -2.28. The summed E-state index contributed by atoms with van der Waals surface area (Å²) in [7, 11) is 1.71. The van der Waals surface area contributed by atoms with Gasteiger partial charge in [-0.2, -0.15) is 0 Å². The third kappa shape index (κ3) is 3.52. The number of aromatic hydroxyl groups is 1. The van der Waals surface area contributed by atoms with E-state index in [0.29, 0.717) is 25.3 Å². The number of furan rings is 1. The normalized spacial score (nSPS) is 16.9. The average Bonchev–Trinajstić information content (AvgIpc) is 3.23. The second-order valence-corrected chi connectivity index (χ2v) is 6.38. The fraction of sp³-hybridized carbons (Fsp3) is 0.368. The molecule has 0 spiro atoms. The number of carbonyl (C=O) groups excluding carboxylic acids is 2. The van der Waals surface area contributed by atoms with Gasteiger partial charge >= 0.3 is 0 Å². The minimum absolute atomic E-state index is 0.0648. The maximum Gasteiger partial charge on any atom is 0.258 e. The van der Waals surface area contributed by atoms with Crippen molar-refractivity contribution in [3.8, 4) is 5.75 Å². The Hall–Kier alpha value is -2.76. The Balaban J connectivity index is 1.73. The standard InChI is InChI=1S/C19H22N2O4/c1-13-9-10-14(25-13)12-20(2)19(24)16-7-5-11-21(16)18(23)15-6-3-4-8-17(15)22/h3-4,6,8-10,16,22H,5,7,11-12H2,1-2H3. The summed E-state index contributed by atoms with van der Waals surface area (Å²) in [5.41, 5.74) is 0.228. The van der Waals surface area contributed by atoms with Crippen molar-refractivity contribution < 1.29 is 19.1 Å². The summed E-state index contributed by atoms with van der Waals surface area (Å²) in [4.78, 5) is 28.7. The van der Waals surface area contributed by atoms with Crippen LogP contribution in [0, 0.1) is 6.92 Å². The molecule has 1 aliphatic heterocycles. The molecule has 2 heterocycles. The molecule has 25 heavy (non-hydrogen) atoms. The first-order valence-corrected chi connectivity index (χ1v) is 8.36. The monoisotopic (exact) mass is 342 g/mol. The van der Waals surface area contributed by atoms with Crippen LogP contribution in [0.15, 0.2) is 40.8 Å². The Morgan fingerprint density at radius 1 is 1.28 bits per heavy atom. The Labute approximate surface area is 146 Å². The highest BCUT2D eigenvalue weighted by Crippen LogP contribution is 2.25. The Morgan fingerprint density at radius 2 is 2.04 bits per heavy atom. The van der Waals surface area contributed by atoms with E-state index in [2.05, 4.69) is 0 Å². The van der Waals surface area contributed by atoms with Crippen molar-refractivity contribution in [2.75, 3.05) is 13.6 Å². The van der Waals surface area contributed by atoms with Crippen LogP contribution in [-0.4, -0.2) is 46.4 Å². The molecule has 1 fully saturated rings. The van der Waals surface area contributed by atoms with Crippen molar-refractivity contribution >= 4 is 11.8 Å². The molecule has 1 aliphatic rings. The van der Waals surface area contributed by atoms with Gasteiger partial charge in [0.1, 0.15) is 23.3 Å². The molecular weight excluding hydrogens is 320 g/mol. The number of amides is 2. The molecule has 1 saturated heterocycles. The Bertz CT molecular complexity index is 783. The molecule has 2 aromatic rings. The SMILES string of the molecule is Cc1ccc(CN(C)C(=O)C2CCCN2C(=O)c2ccccc2O)o1. The van der Waals surface area contributed by atoms with Gasteiger partial charge < -0.3 is 19.3 Å². The number of para-hydroxylation sites is 1. The number of likely N-dealkylation sites (N-methyl/N-ethyl adjacent to an activating group) is 1. The molecule has 0 radical (unpaired) electrons. The number of likely N-dealkylation sites (tertiary alicyclic amines) is 1. The summed E-state index contributed by atoms with van der Waals surface area (Å²) in [6.07, 6.45) is 1.39. The first kappa shape index (κ1) is 17.1. The summed E-state index contributed by atoms with van der Waals surface area (Å²) < 4.78 is 5.52. The number of nitrogens with zero attached hydrogens (tertiary/aromatic N) is 2. The first-order valence-electron chi connectivity index (χ1n) is 8.36. The van der Waals surface area contributed by atoms with Gasteiger partial charge in [0, 0.05) is 13.6 Å². The first-order chi connectivity index (χ1) is 12.0. The molecule has 0 saturated carbocycles. The minimum Gasteiger partial charge on any atom is -0.507 e. The lowest BCUT2D eigenvalue weighted by atomic mass is 10.1. The Morgan fingerprint density at radius 3 is 2.72 bits per heavy atom. The van der Waals surface area contributed by atoms with Crippen LogP contribution in [0.25, 0.3) is 0 Å². The number of carbonyl (C=O) groups is 2. The Kier molecular flexibility index (Phi) is 4.79. The summed E-state index contributed by atoms with van der Waals surface area (Å²) in [6, 6.07) is 9.62.